The molecular formula is C66H107NO10. The van der Waals surface area contributed by atoms with Gasteiger partial charge < -0.3 is 45.1 Å². The second-order valence-electron chi connectivity index (χ2n) is 20.1. The van der Waals surface area contributed by atoms with Crippen LogP contribution in [0.4, 0.5) is 0 Å². The van der Waals surface area contributed by atoms with Gasteiger partial charge in [0.1, 0.15) is 24.4 Å². The molecule has 8 atom stereocenters. The van der Waals surface area contributed by atoms with Crippen molar-refractivity contribution in [3.05, 3.63) is 134 Å². The molecule has 1 aliphatic heterocycles. The molecule has 11 nitrogen and oxygen atoms in total. The van der Waals surface area contributed by atoms with Crippen LogP contribution >= 0.6 is 0 Å². The maximum absolute atomic E-state index is 13.4. The van der Waals surface area contributed by atoms with Gasteiger partial charge in [-0.3, -0.25) is 9.59 Å². The molecule has 1 amide bonds. The minimum absolute atomic E-state index is 0.0680. The Morgan fingerprint density at radius 2 is 1.00 bits per heavy atom. The SMILES string of the molecule is CC/C=C\C/C=C\C/C=C\C/C=C\C/C=C\C/C=C\CCCCCCCC(O)C(=O)NC(COC1OC(CO)C(O)C(O)C1OC(=O)CCCCC\C=C/C=C\C=C\C=C\CC)C(O)/C=C/CCCCCCCCCCC. The van der Waals surface area contributed by atoms with Crippen LogP contribution in [-0.2, 0) is 23.8 Å². The zero-order chi connectivity index (χ0) is 56.1. The third-order valence-electron chi connectivity index (χ3n) is 13.1. The van der Waals surface area contributed by atoms with Crippen molar-refractivity contribution in [3.63, 3.8) is 0 Å². The first-order valence-corrected chi connectivity index (χ1v) is 30.0. The highest BCUT2D eigenvalue weighted by Gasteiger charge is 2.47. The van der Waals surface area contributed by atoms with E-state index in [0.29, 0.717) is 12.8 Å². The Kier molecular flexibility index (Phi) is 48.3. The van der Waals surface area contributed by atoms with Crippen molar-refractivity contribution in [1.29, 1.82) is 0 Å². The standard InChI is InChI=1S/C66H107NO10/c1-4-7-10-13-16-19-22-24-25-26-27-28-29-30-31-32-33-34-36-38-41-44-47-50-53-59(70)65(74)67-57(58(69)52-49-46-43-40-37-21-18-15-12-9-6-3)56-75-66-64(63(73)62(72)60(55-68)76-66)77-61(71)54-51-48-45-42-39-35-23-20-17-14-11-8-5-2/h7-8,10-11,14,16-17,19-20,23-25,27-28,30-31,33-35,39,49,52,57-60,62-64,66,68-70,72-73H,4-6,9,12-13,15,18,21-22,26,29,32,36-38,40-48,50-51,53-56H2,1-3H3,(H,67,74)/b10-7-,11-8+,17-14+,19-16-,23-20-,25-24-,28-27-,31-30-,34-33-,39-35-,52-49+. The fourth-order valence-corrected chi connectivity index (χ4v) is 8.43. The molecule has 0 aromatic carbocycles. The van der Waals surface area contributed by atoms with E-state index in [-0.39, 0.29) is 19.4 Å². The lowest BCUT2D eigenvalue weighted by Gasteiger charge is -2.41. The van der Waals surface area contributed by atoms with Gasteiger partial charge in [0.2, 0.25) is 5.91 Å². The topological polar surface area (TPSA) is 175 Å². The summed E-state index contributed by atoms with van der Waals surface area (Å²) >= 11 is 0. The Morgan fingerprint density at radius 1 is 0.532 bits per heavy atom. The highest BCUT2D eigenvalue weighted by atomic mass is 16.7. The normalized spacial score (nSPS) is 20.0. The van der Waals surface area contributed by atoms with Crippen molar-refractivity contribution >= 4 is 11.9 Å². The van der Waals surface area contributed by atoms with Gasteiger partial charge in [-0.1, -0.05) is 238 Å². The highest BCUT2D eigenvalue weighted by molar-refractivity contribution is 5.80. The first-order chi connectivity index (χ1) is 37.7. The van der Waals surface area contributed by atoms with E-state index in [9.17, 15) is 35.1 Å². The molecule has 6 N–H and O–H groups in total. The van der Waals surface area contributed by atoms with E-state index < -0.39 is 67.4 Å². The number of rotatable bonds is 48. The first kappa shape index (κ1) is 70.8. The van der Waals surface area contributed by atoms with Crippen LogP contribution in [0.3, 0.4) is 0 Å². The fourth-order valence-electron chi connectivity index (χ4n) is 8.43. The molecule has 436 valence electrons. The van der Waals surface area contributed by atoms with Crippen LogP contribution in [-0.4, -0.2) is 99.6 Å². The number of unbranched alkanes of at least 4 members (excludes halogenated alkanes) is 17. The van der Waals surface area contributed by atoms with Crippen LogP contribution in [0.2, 0.25) is 0 Å². The van der Waals surface area contributed by atoms with E-state index in [1.807, 2.05) is 42.5 Å². The van der Waals surface area contributed by atoms with Crippen molar-refractivity contribution < 1.29 is 49.3 Å². The molecule has 8 unspecified atom stereocenters. The second-order valence-corrected chi connectivity index (χ2v) is 20.1. The number of esters is 1. The van der Waals surface area contributed by atoms with Gasteiger partial charge >= 0.3 is 5.97 Å². The number of hydrogen-bond donors (Lipinski definition) is 6. The molecule has 0 aliphatic carbocycles. The quantitative estimate of drug-likeness (QED) is 0.0149. The van der Waals surface area contributed by atoms with Crippen LogP contribution in [0, 0.1) is 0 Å². The highest BCUT2D eigenvalue weighted by Crippen LogP contribution is 2.26. The number of carbonyl (C=O) groups excluding carboxylic acids is 2. The first-order valence-electron chi connectivity index (χ1n) is 30.0. The lowest BCUT2D eigenvalue weighted by molar-refractivity contribution is -0.305. The Morgan fingerprint density at radius 3 is 1.56 bits per heavy atom. The molecule has 0 aromatic heterocycles. The number of allylic oxidation sites excluding steroid dienone is 21. The molecule has 1 saturated heterocycles. The average Bonchev–Trinajstić information content (AvgIpc) is 3.44. The van der Waals surface area contributed by atoms with Crippen molar-refractivity contribution in [2.75, 3.05) is 13.2 Å². The predicted octanol–water partition coefficient (Wildman–Crippen LogP) is 14.1. The third kappa shape index (κ3) is 40.6. The average molecular weight is 1070 g/mol. The molecule has 1 aliphatic rings. The second kappa shape index (κ2) is 52.5. The lowest BCUT2D eigenvalue weighted by atomic mass is 9.99. The summed E-state index contributed by atoms with van der Waals surface area (Å²) in [5, 5.41) is 56.8. The number of carbonyl (C=O) groups is 2. The van der Waals surface area contributed by atoms with E-state index in [2.05, 4.69) is 111 Å². The molecule has 1 rings (SSSR count). The van der Waals surface area contributed by atoms with Crippen LogP contribution in [0.1, 0.15) is 207 Å². The summed E-state index contributed by atoms with van der Waals surface area (Å²) in [4.78, 5) is 26.5. The van der Waals surface area contributed by atoms with Gasteiger partial charge in [-0.25, -0.2) is 0 Å². The van der Waals surface area contributed by atoms with Gasteiger partial charge in [0.05, 0.1) is 25.4 Å². The van der Waals surface area contributed by atoms with E-state index in [1.54, 1.807) is 6.08 Å². The number of aliphatic hydroxyl groups is 5. The third-order valence-corrected chi connectivity index (χ3v) is 13.1. The van der Waals surface area contributed by atoms with Gasteiger partial charge in [-0.2, -0.15) is 0 Å². The van der Waals surface area contributed by atoms with Gasteiger partial charge in [-0.05, 0) is 96.3 Å². The Bertz CT molecular complexity index is 1760. The molecule has 0 aromatic rings. The molecular weight excluding hydrogens is 967 g/mol. The summed E-state index contributed by atoms with van der Waals surface area (Å²) in [5.41, 5.74) is 0. The number of aliphatic hydroxyl groups excluding tert-OH is 5. The lowest BCUT2D eigenvalue weighted by Crippen LogP contribution is -2.61. The molecule has 77 heavy (non-hydrogen) atoms. The number of amides is 1. The summed E-state index contributed by atoms with van der Waals surface area (Å²) in [6.45, 7) is 5.46. The van der Waals surface area contributed by atoms with E-state index >= 15 is 0 Å². The van der Waals surface area contributed by atoms with Gasteiger partial charge in [-0.15, -0.1) is 0 Å². The van der Waals surface area contributed by atoms with Crippen LogP contribution in [0.25, 0.3) is 0 Å². The monoisotopic (exact) mass is 1070 g/mol. The van der Waals surface area contributed by atoms with Crippen molar-refractivity contribution in [3.8, 4) is 0 Å². The number of nitrogens with one attached hydrogen (secondary N) is 1. The summed E-state index contributed by atoms with van der Waals surface area (Å²) in [5.74, 6) is -1.26. The molecule has 0 saturated carbocycles. The zero-order valence-electron chi connectivity index (χ0n) is 48.0. The van der Waals surface area contributed by atoms with E-state index in [0.717, 1.165) is 122 Å². The summed E-state index contributed by atoms with van der Waals surface area (Å²) in [7, 11) is 0. The fraction of sp³-hybridized carbons (Fsp3) is 0.636. The van der Waals surface area contributed by atoms with Crippen molar-refractivity contribution in [1.82, 2.24) is 5.32 Å². The van der Waals surface area contributed by atoms with Crippen LogP contribution in [0.5, 0.6) is 0 Å². The van der Waals surface area contributed by atoms with Crippen molar-refractivity contribution in [2.24, 2.45) is 0 Å². The van der Waals surface area contributed by atoms with Gasteiger partial charge in [0.15, 0.2) is 12.4 Å². The Labute approximate surface area is 467 Å². The largest absolute Gasteiger partial charge is 0.454 e. The predicted molar refractivity (Wildman–Crippen MR) is 319 cm³/mol. The van der Waals surface area contributed by atoms with Crippen LogP contribution < -0.4 is 5.32 Å². The maximum atomic E-state index is 13.4. The molecule has 0 radical (unpaired) electrons. The molecule has 1 heterocycles. The van der Waals surface area contributed by atoms with E-state index in [1.165, 1.54) is 38.5 Å². The minimum Gasteiger partial charge on any atom is -0.454 e. The Balaban J connectivity index is 2.69. The summed E-state index contributed by atoms with van der Waals surface area (Å²) < 4.78 is 17.5. The van der Waals surface area contributed by atoms with E-state index in [4.69, 9.17) is 14.2 Å². The van der Waals surface area contributed by atoms with Gasteiger partial charge in [0, 0.05) is 6.42 Å². The van der Waals surface area contributed by atoms with Gasteiger partial charge in [0.25, 0.3) is 0 Å². The van der Waals surface area contributed by atoms with Crippen LogP contribution in [0.15, 0.2) is 134 Å². The molecule has 11 heteroatoms. The molecule has 0 bridgehead atoms. The summed E-state index contributed by atoms with van der Waals surface area (Å²) in [6, 6.07) is -1.05. The molecule has 0 spiro atoms. The minimum atomic E-state index is -1.64. The summed E-state index contributed by atoms with van der Waals surface area (Å²) in [6.07, 6.45) is 63.5. The zero-order valence-corrected chi connectivity index (χ0v) is 48.0. The number of ether oxygens (including phenoxy) is 3. The Hall–Kier alpha value is -4.20. The maximum Gasteiger partial charge on any atom is 0.306 e. The smallest absolute Gasteiger partial charge is 0.306 e. The molecule has 1 fully saturated rings. The van der Waals surface area contributed by atoms with Crippen molar-refractivity contribution in [2.45, 2.75) is 256 Å². The number of hydrogen-bond acceptors (Lipinski definition) is 10.